The number of amides is 1. The average Bonchev–Trinajstić information content (AvgIpc) is 2.48. The summed E-state index contributed by atoms with van der Waals surface area (Å²) in [5, 5.41) is 2.61. The molecule has 1 unspecified atom stereocenters. The van der Waals surface area contributed by atoms with E-state index in [1.54, 1.807) is 0 Å². The molecule has 2 aromatic rings. The molecule has 1 atom stereocenters. The SMILES string of the molecule is COC(=O)Nc1ccc(N(P)c2ccccc2)cc1. The van der Waals surface area contributed by atoms with Crippen LogP contribution in [0.2, 0.25) is 0 Å². The number of carbonyl (C=O) groups excluding carboxylic acids is 1. The van der Waals surface area contributed by atoms with Gasteiger partial charge in [0, 0.05) is 17.1 Å². The third-order valence-electron chi connectivity index (χ3n) is 2.61. The van der Waals surface area contributed by atoms with Gasteiger partial charge in [-0.05, 0) is 45.8 Å². The molecule has 0 heterocycles. The number of hydrogen-bond acceptors (Lipinski definition) is 3. The Morgan fingerprint density at radius 1 is 1.05 bits per heavy atom. The number of carbonyl (C=O) groups is 1. The fourth-order valence-electron chi connectivity index (χ4n) is 1.61. The topological polar surface area (TPSA) is 41.6 Å². The van der Waals surface area contributed by atoms with Gasteiger partial charge in [0.05, 0.1) is 7.11 Å². The zero-order valence-corrected chi connectivity index (χ0v) is 11.7. The molecule has 0 fully saturated rings. The lowest BCUT2D eigenvalue weighted by molar-refractivity contribution is 0.187. The minimum absolute atomic E-state index is 0.474. The minimum atomic E-state index is -0.474. The first-order valence-corrected chi connectivity index (χ1v) is 6.27. The summed E-state index contributed by atoms with van der Waals surface area (Å²) in [6.07, 6.45) is -0.474. The van der Waals surface area contributed by atoms with Crippen molar-refractivity contribution in [3.8, 4) is 0 Å². The maximum absolute atomic E-state index is 11.1. The molecule has 2 aromatic carbocycles. The van der Waals surface area contributed by atoms with Crippen molar-refractivity contribution in [1.82, 2.24) is 0 Å². The van der Waals surface area contributed by atoms with Crippen molar-refractivity contribution >= 4 is 32.5 Å². The molecule has 2 rings (SSSR count). The third kappa shape index (κ3) is 3.46. The molecular weight excluding hydrogens is 259 g/mol. The fourth-order valence-corrected chi connectivity index (χ4v) is 1.96. The highest BCUT2D eigenvalue weighted by Gasteiger charge is 2.04. The van der Waals surface area contributed by atoms with E-state index in [0.717, 1.165) is 11.4 Å². The molecule has 5 heteroatoms. The molecule has 0 bridgehead atoms. The van der Waals surface area contributed by atoms with E-state index in [-0.39, 0.29) is 0 Å². The van der Waals surface area contributed by atoms with Crippen molar-refractivity contribution < 1.29 is 9.53 Å². The van der Waals surface area contributed by atoms with Gasteiger partial charge >= 0.3 is 6.09 Å². The number of nitrogens with zero attached hydrogens (tertiary/aromatic N) is 1. The van der Waals surface area contributed by atoms with Gasteiger partial charge in [-0.15, -0.1) is 0 Å². The van der Waals surface area contributed by atoms with Crippen LogP contribution in [-0.2, 0) is 4.74 Å². The van der Waals surface area contributed by atoms with E-state index < -0.39 is 6.09 Å². The fraction of sp³-hybridized carbons (Fsp3) is 0.0714. The van der Waals surface area contributed by atoms with Gasteiger partial charge in [-0.3, -0.25) is 5.32 Å². The molecule has 0 aliphatic heterocycles. The van der Waals surface area contributed by atoms with Crippen LogP contribution in [0.15, 0.2) is 54.6 Å². The average molecular weight is 274 g/mol. The Morgan fingerprint density at radius 3 is 2.21 bits per heavy atom. The molecule has 0 saturated heterocycles. The Kier molecular flexibility index (Phi) is 4.37. The predicted octanol–water partition coefficient (Wildman–Crippen LogP) is 3.79. The van der Waals surface area contributed by atoms with Crippen molar-refractivity contribution in [2.24, 2.45) is 0 Å². The number of hydrogen-bond donors (Lipinski definition) is 1. The van der Waals surface area contributed by atoms with E-state index in [1.807, 2.05) is 59.3 Å². The lowest BCUT2D eigenvalue weighted by atomic mass is 10.2. The largest absolute Gasteiger partial charge is 0.453 e. The molecular formula is C14H15N2O2P. The molecule has 0 aliphatic carbocycles. The smallest absolute Gasteiger partial charge is 0.411 e. The van der Waals surface area contributed by atoms with Crippen LogP contribution in [0.25, 0.3) is 0 Å². The number of nitrogens with one attached hydrogen (secondary N) is 1. The van der Waals surface area contributed by atoms with Gasteiger partial charge in [0.25, 0.3) is 0 Å². The van der Waals surface area contributed by atoms with Gasteiger partial charge in [-0.2, -0.15) is 0 Å². The van der Waals surface area contributed by atoms with Gasteiger partial charge in [-0.1, -0.05) is 18.2 Å². The summed E-state index contributed by atoms with van der Waals surface area (Å²) >= 11 is 0. The lowest BCUT2D eigenvalue weighted by Crippen LogP contribution is -2.10. The second-order valence-electron chi connectivity index (χ2n) is 3.87. The van der Waals surface area contributed by atoms with E-state index in [9.17, 15) is 4.79 Å². The Balaban J connectivity index is 2.12. The van der Waals surface area contributed by atoms with Crippen LogP contribution in [0.1, 0.15) is 0 Å². The summed E-state index contributed by atoms with van der Waals surface area (Å²) in [5.41, 5.74) is 2.77. The molecule has 0 radical (unpaired) electrons. The van der Waals surface area contributed by atoms with Gasteiger partial charge in [0.1, 0.15) is 0 Å². The summed E-state index contributed by atoms with van der Waals surface area (Å²) in [6.45, 7) is 0. The van der Waals surface area contributed by atoms with Crippen molar-refractivity contribution in [2.75, 3.05) is 17.1 Å². The normalized spacial score (nSPS) is 9.79. The maximum Gasteiger partial charge on any atom is 0.411 e. The predicted molar refractivity (Wildman–Crippen MR) is 80.8 cm³/mol. The number of rotatable bonds is 3. The summed E-state index contributed by atoms with van der Waals surface area (Å²) < 4.78 is 6.52. The Morgan fingerprint density at radius 2 is 1.63 bits per heavy atom. The summed E-state index contributed by atoms with van der Waals surface area (Å²) in [5.74, 6) is 0. The summed E-state index contributed by atoms with van der Waals surface area (Å²) in [6, 6.07) is 17.5. The number of para-hydroxylation sites is 1. The van der Waals surface area contributed by atoms with Crippen LogP contribution in [0, 0.1) is 0 Å². The highest BCUT2D eigenvalue weighted by atomic mass is 31.0. The van der Waals surface area contributed by atoms with E-state index in [2.05, 4.69) is 19.4 Å². The quantitative estimate of drug-likeness (QED) is 0.866. The van der Waals surface area contributed by atoms with Crippen LogP contribution in [-0.4, -0.2) is 13.2 Å². The maximum atomic E-state index is 11.1. The highest BCUT2D eigenvalue weighted by Crippen LogP contribution is 2.29. The Bertz CT molecular complexity index is 543. The molecule has 19 heavy (non-hydrogen) atoms. The zero-order valence-electron chi connectivity index (χ0n) is 10.5. The second kappa shape index (κ2) is 6.21. The Hall–Kier alpha value is -2.06. The van der Waals surface area contributed by atoms with Crippen LogP contribution < -0.4 is 9.99 Å². The van der Waals surface area contributed by atoms with Crippen LogP contribution in [0.3, 0.4) is 0 Å². The zero-order chi connectivity index (χ0) is 13.7. The van der Waals surface area contributed by atoms with Crippen LogP contribution in [0.5, 0.6) is 0 Å². The summed E-state index contributed by atoms with van der Waals surface area (Å²) in [7, 11) is 4.00. The second-order valence-corrected chi connectivity index (χ2v) is 4.39. The van der Waals surface area contributed by atoms with E-state index >= 15 is 0 Å². The van der Waals surface area contributed by atoms with Crippen molar-refractivity contribution in [2.45, 2.75) is 0 Å². The molecule has 0 aliphatic rings. The molecule has 0 aromatic heterocycles. The first-order valence-electron chi connectivity index (χ1n) is 5.75. The van der Waals surface area contributed by atoms with Gasteiger partial charge in [-0.25, -0.2) is 4.79 Å². The first kappa shape index (κ1) is 13.4. The van der Waals surface area contributed by atoms with Crippen LogP contribution >= 0.6 is 9.39 Å². The third-order valence-corrected chi connectivity index (χ3v) is 3.21. The number of anilines is 3. The van der Waals surface area contributed by atoms with Crippen molar-refractivity contribution in [1.29, 1.82) is 0 Å². The molecule has 4 nitrogen and oxygen atoms in total. The lowest BCUT2D eigenvalue weighted by Gasteiger charge is -2.19. The number of methoxy groups -OCH3 is 1. The van der Waals surface area contributed by atoms with Gasteiger partial charge < -0.3 is 9.41 Å². The molecule has 1 N–H and O–H groups in total. The van der Waals surface area contributed by atoms with Crippen molar-refractivity contribution in [3.05, 3.63) is 54.6 Å². The van der Waals surface area contributed by atoms with E-state index in [4.69, 9.17) is 0 Å². The molecule has 98 valence electrons. The highest BCUT2D eigenvalue weighted by molar-refractivity contribution is 7.19. The minimum Gasteiger partial charge on any atom is -0.453 e. The van der Waals surface area contributed by atoms with Gasteiger partial charge in [0.15, 0.2) is 0 Å². The summed E-state index contributed by atoms with van der Waals surface area (Å²) in [4.78, 5) is 11.1. The first-order chi connectivity index (χ1) is 9.20. The van der Waals surface area contributed by atoms with E-state index in [0.29, 0.717) is 5.69 Å². The van der Waals surface area contributed by atoms with E-state index in [1.165, 1.54) is 7.11 Å². The molecule has 0 saturated carbocycles. The van der Waals surface area contributed by atoms with Crippen molar-refractivity contribution in [3.63, 3.8) is 0 Å². The van der Waals surface area contributed by atoms with Crippen LogP contribution in [0.4, 0.5) is 21.9 Å². The monoisotopic (exact) mass is 274 g/mol. The molecule has 1 amide bonds. The molecule has 0 spiro atoms. The standard InChI is InChI=1S/C14H15N2O2P/c1-18-14(17)15-11-7-9-13(10-8-11)16(19)12-5-3-2-4-6-12/h2-10H,19H2,1H3,(H,15,17). The van der Waals surface area contributed by atoms with Gasteiger partial charge in [0.2, 0.25) is 0 Å². The Labute approximate surface area is 114 Å². The number of ether oxygens (including phenoxy) is 1. The number of benzene rings is 2.